The Morgan fingerprint density at radius 1 is 1.19 bits per heavy atom. The first kappa shape index (κ1) is 13.2. The second kappa shape index (κ2) is 4.37. The zero-order valence-electron chi connectivity index (χ0n) is 11.3. The zero-order chi connectivity index (χ0) is 15.3. The first-order chi connectivity index (χ1) is 9.90. The molecule has 0 fully saturated rings. The first-order valence-electron chi connectivity index (χ1n) is 6.24. The molecule has 2 heterocycles. The van der Waals surface area contributed by atoms with E-state index in [1.54, 1.807) is 18.2 Å². The third kappa shape index (κ3) is 1.87. The van der Waals surface area contributed by atoms with E-state index in [1.807, 2.05) is 6.92 Å². The SMILES string of the molecule is CC(=O)C1C(=O)Oc2c(c(=O)oc3cc(C)ccc23)C1=O. The second-order valence-electron chi connectivity index (χ2n) is 4.92. The minimum absolute atomic E-state index is 0.131. The Labute approximate surface area is 118 Å². The molecular formula is C15H10O6. The van der Waals surface area contributed by atoms with Crippen LogP contribution in [-0.2, 0) is 9.59 Å². The van der Waals surface area contributed by atoms with Crippen molar-refractivity contribution in [3.8, 4) is 5.75 Å². The fourth-order valence-electron chi connectivity index (χ4n) is 2.36. The Morgan fingerprint density at radius 2 is 1.90 bits per heavy atom. The van der Waals surface area contributed by atoms with Crippen LogP contribution >= 0.6 is 0 Å². The fourth-order valence-corrected chi connectivity index (χ4v) is 2.36. The topological polar surface area (TPSA) is 90.7 Å². The van der Waals surface area contributed by atoms with Gasteiger partial charge in [0.15, 0.2) is 23.2 Å². The Balaban J connectivity index is 2.36. The molecule has 0 spiro atoms. The van der Waals surface area contributed by atoms with Crippen LogP contribution in [0.3, 0.4) is 0 Å². The quantitative estimate of drug-likeness (QED) is 0.447. The van der Waals surface area contributed by atoms with Crippen molar-refractivity contribution in [3.05, 3.63) is 39.7 Å². The maximum atomic E-state index is 12.2. The third-order valence-electron chi connectivity index (χ3n) is 3.37. The van der Waals surface area contributed by atoms with Crippen molar-refractivity contribution < 1.29 is 23.5 Å². The average Bonchev–Trinajstić information content (AvgIpc) is 2.36. The van der Waals surface area contributed by atoms with Crippen LogP contribution in [0.2, 0.25) is 0 Å². The second-order valence-corrected chi connectivity index (χ2v) is 4.92. The summed E-state index contributed by atoms with van der Waals surface area (Å²) in [5, 5.41) is 0.346. The van der Waals surface area contributed by atoms with Crippen molar-refractivity contribution in [2.45, 2.75) is 13.8 Å². The molecule has 0 saturated heterocycles. The fraction of sp³-hybridized carbons (Fsp3) is 0.200. The predicted molar refractivity (Wildman–Crippen MR) is 71.4 cm³/mol. The molecule has 0 radical (unpaired) electrons. The summed E-state index contributed by atoms with van der Waals surface area (Å²) in [5.41, 5.74) is -0.223. The van der Waals surface area contributed by atoms with Crippen LogP contribution in [0, 0.1) is 12.8 Å². The molecule has 3 rings (SSSR count). The molecule has 0 amide bonds. The molecule has 1 atom stereocenters. The van der Waals surface area contributed by atoms with Gasteiger partial charge in [-0.25, -0.2) is 4.79 Å². The summed E-state index contributed by atoms with van der Waals surface area (Å²) in [6.07, 6.45) is 0. The monoisotopic (exact) mass is 286 g/mol. The molecule has 1 aromatic carbocycles. The van der Waals surface area contributed by atoms with Gasteiger partial charge in [0.05, 0.1) is 5.39 Å². The molecule has 0 N–H and O–H groups in total. The first-order valence-corrected chi connectivity index (χ1v) is 6.24. The lowest BCUT2D eigenvalue weighted by Crippen LogP contribution is -2.40. The van der Waals surface area contributed by atoms with Crippen molar-refractivity contribution in [2.75, 3.05) is 0 Å². The van der Waals surface area contributed by atoms with Gasteiger partial charge in [-0.2, -0.15) is 0 Å². The largest absolute Gasteiger partial charge is 0.424 e. The predicted octanol–water partition coefficient (Wildman–Crippen LogP) is 1.41. The molecular weight excluding hydrogens is 276 g/mol. The van der Waals surface area contributed by atoms with Crippen molar-refractivity contribution in [3.63, 3.8) is 0 Å². The van der Waals surface area contributed by atoms with Crippen LogP contribution in [0.15, 0.2) is 27.4 Å². The molecule has 6 nitrogen and oxygen atoms in total. The summed E-state index contributed by atoms with van der Waals surface area (Å²) < 4.78 is 10.2. The number of carbonyl (C=O) groups is 3. The number of hydrogen-bond acceptors (Lipinski definition) is 6. The van der Waals surface area contributed by atoms with Gasteiger partial charge < -0.3 is 9.15 Å². The number of rotatable bonds is 1. The van der Waals surface area contributed by atoms with Crippen LogP contribution in [0.1, 0.15) is 22.8 Å². The van der Waals surface area contributed by atoms with Gasteiger partial charge in [0, 0.05) is 0 Å². The van der Waals surface area contributed by atoms with E-state index in [1.165, 1.54) is 0 Å². The van der Waals surface area contributed by atoms with E-state index in [4.69, 9.17) is 9.15 Å². The average molecular weight is 286 g/mol. The molecule has 106 valence electrons. The lowest BCUT2D eigenvalue weighted by atomic mass is 9.91. The minimum atomic E-state index is -1.59. The molecule has 6 heteroatoms. The highest BCUT2D eigenvalue weighted by molar-refractivity contribution is 6.26. The van der Waals surface area contributed by atoms with E-state index in [-0.39, 0.29) is 16.9 Å². The highest BCUT2D eigenvalue weighted by Crippen LogP contribution is 2.33. The molecule has 1 aromatic heterocycles. The van der Waals surface area contributed by atoms with Gasteiger partial charge in [0.2, 0.25) is 0 Å². The maximum absolute atomic E-state index is 12.2. The van der Waals surface area contributed by atoms with E-state index in [9.17, 15) is 19.2 Å². The molecule has 21 heavy (non-hydrogen) atoms. The molecule has 1 aliphatic heterocycles. The van der Waals surface area contributed by atoms with E-state index >= 15 is 0 Å². The summed E-state index contributed by atoms with van der Waals surface area (Å²) in [4.78, 5) is 47.4. The lowest BCUT2D eigenvalue weighted by molar-refractivity contribution is -0.141. The molecule has 0 saturated carbocycles. The Morgan fingerprint density at radius 3 is 2.57 bits per heavy atom. The number of fused-ring (bicyclic) bond motifs is 3. The molecule has 1 unspecified atom stereocenters. The van der Waals surface area contributed by atoms with E-state index < -0.39 is 29.1 Å². The lowest BCUT2D eigenvalue weighted by Gasteiger charge is -2.20. The number of esters is 1. The van der Waals surface area contributed by atoms with E-state index in [0.29, 0.717) is 5.39 Å². The third-order valence-corrected chi connectivity index (χ3v) is 3.37. The number of Topliss-reactive ketones (excluding diaryl/α,β-unsaturated/α-hetero) is 2. The van der Waals surface area contributed by atoms with E-state index in [0.717, 1.165) is 12.5 Å². The summed E-state index contributed by atoms with van der Waals surface area (Å²) in [7, 11) is 0. The van der Waals surface area contributed by atoms with Crippen molar-refractivity contribution in [2.24, 2.45) is 5.92 Å². The van der Waals surface area contributed by atoms with Crippen LogP contribution in [0.4, 0.5) is 0 Å². The van der Waals surface area contributed by atoms with Crippen molar-refractivity contribution >= 4 is 28.5 Å². The Kier molecular flexibility index (Phi) is 2.76. The van der Waals surface area contributed by atoms with Gasteiger partial charge >= 0.3 is 11.6 Å². The van der Waals surface area contributed by atoms with Crippen molar-refractivity contribution in [1.82, 2.24) is 0 Å². The Hall–Kier alpha value is -2.76. The van der Waals surface area contributed by atoms with Gasteiger partial charge in [0.25, 0.3) is 0 Å². The van der Waals surface area contributed by atoms with Gasteiger partial charge in [-0.15, -0.1) is 0 Å². The molecule has 2 aromatic rings. The number of ether oxygens (including phenoxy) is 1. The minimum Gasteiger partial charge on any atom is -0.424 e. The van der Waals surface area contributed by atoms with Gasteiger partial charge in [-0.05, 0) is 31.5 Å². The number of hydrogen-bond donors (Lipinski definition) is 0. The molecule has 1 aliphatic rings. The van der Waals surface area contributed by atoms with Gasteiger partial charge in [-0.3, -0.25) is 14.4 Å². The standard InChI is InChI=1S/C15H10O6/c1-6-3-4-8-9(5-6)20-15(19)11-12(17)10(7(2)16)14(18)21-13(8)11/h3-5,10H,1-2H3. The Bertz CT molecular complexity index is 874. The zero-order valence-corrected chi connectivity index (χ0v) is 11.3. The van der Waals surface area contributed by atoms with Gasteiger partial charge in [0.1, 0.15) is 11.1 Å². The number of aryl methyl sites for hydroxylation is 1. The van der Waals surface area contributed by atoms with Crippen LogP contribution in [-0.4, -0.2) is 17.5 Å². The summed E-state index contributed by atoms with van der Waals surface area (Å²) in [6.45, 7) is 2.91. The van der Waals surface area contributed by atoms with Crippen LogP contribution in [0.5, 0.6) is 5.75 Å². The summed E-state index contributed by atoms with van der Waals surface area (Å²) in [5.74, 6) is -4.23. The van der Waals surface area contributed by atoms with Gasteiger partial charge in [-0.1, -0.05) is 6.07 Å². The summed E-state index contributed by atoms with van der Waals surface area (Å²) >= 11 is 0. The summed E-state index contributed by atoms with van der Waals surface area (Å²) in [6, 6.07) is 4.94. The smallest absolute Gasteiger partial charge is 0.351 e. The number of ketones is 2. The normalized spacial score (nSPS) is 17.5. The highest BCUT2D eigenvalue weighted by Gasteiger charge is 2.42. The van der Waals surface area contributed by atoms with Crippen LogP contribution < -0.4 is 10.4 Å². The van der Waals surface area contributed by atoms with Crippen molar-refractivity contribution in [1.29, 1.82) is 0 Å². The van der Waals surface area contributed by atoms with Crippen LogP contribution in [0.25, 0.3) is 11.0 Å². The van der Waals surface area contributed by atoms with E-state index in [2.05, 4.69) is 0 Å². The number of benzene rings is 1. The number of carbonyl (C=O) groups excluding carboxylic acids is 3. The highest BCUT2D eigenvalue weighted by atomic mass is 16.5. The maximum Gasteiger partial charge on any atom is 0.351 e. The molecule has 0 bridgehead atoms. The molecule has 0 aliphatic carbocycles.